The molecule has 0 aromatic heterocycles. The van der Waals surface area contributed by atoms with Crippen molar-refractivity contribution in [2.45, 2.75) is 13.8 Å². The number of aldehydes is 1. The standard InChI is InChI=1S/C10H14O/c1-5-7-9(6-2)10(3,4)8-11/h5-8H,1-2H2,3-4H3/b9-7+. The number of carbonyl (C=O) groups is 1. The normalized spacial score (nSPS) is 12.4. The molecule has 0 amide bonds. The summed E-state index contributed by atoms with van der Waals surface area (Å²) < 4.78 is 0. The fourth-order valence-corrected chi connectivity index (χ4v) is 0.741. The van der Waals surface area contributed by atoms with Gasteiger partial charge in [-0.1, -0.05) is 31.4 Å². The summed E-state index contributed by atoms with van der Waals surface area (Å²) in [6.45, 7) is 10.9. The molecule has 0 aliphatic carbocycles. The van der Waals surface area contributed by atoms with Crippen molar-refractivity contribution in [1.29, 1.82) is 0 Å². The van der Waals surface area contributed by atoms with Crippen LogP contribution in [0, 0.1) is 5.41 Å². The maximum Gasteiger partial charge on any atom is 0.129 e. The molecule has 0 spiro atoms. The molecule has 0 fully saturated rings. The fraction of sp³-hybridized carbons (Fsp3) is 0.300. The summed E-state index contributed by atoms with van der Waals surface area (Å²) in [6, 6.07) is 0. The first-order valence-electron chi connectivity index (χ1n) is 3.50. The molecule has 0 saturated heterocycles. The SMILES string of the molecule is C=C/C=C(\C=C)C(C)(C)C=O. The number of allylic oxidation sites excluding steroid dienone is 4. The quantitative estimate of drug-likeness (QED) is 0.444. The van der Waals surface area contributed by atoms with Gasteiger partial charge in [0.05, 0.1) is 0 Å². The zero-order valence-electron chi connectivity index (χ0n) is 7.13. The second kappa shape index (κ2) is 3.91. The Morgan fingerprint density at radius 1 is 1.36 bits per heavy atom. The number of rotatable bonds is 4. The van der Waals surface area contributed by atoms with E-state index < -0.39 is 5.41 Å². The minimum absolute atomic E-state index is 0.448. The lowest BCUT2D eigenvalue weighted by Crippen LogP contribution is -2.14. The molecule has 1 heteroatoms. The molecule has 0 aliphatic rings. The first-order chi connectivity index (χ1) is 5.08. The fourth-order valence-electron chi connectivity index (χ4n) is 0.741. The van der Waals surface area contributed by atoms with Gasteiger partial charge in [0.1, 0.15) is 6.29 Å². The molecule has 0 saturated carbocycles. The van der Waals surface area contributed by atoms with Crippen LogP contribution in [0.15, 0.2) is 37.0 Å². The summed E-state index contributed by atoms with van der Waals surface area (Å²) in [6.07, 6.45) is 6.03. The minimum Gasteiger partial charge on any atom is -0.302 e. The van der Waals surface area contributed by atoms with E-state index in [2.05, 4.69) is 13.2 Å². The van der Waals surface area contributed by atoms with Crippen LogP contribution in [-0.2, 0) is 4.79 Å². The van der Waals surface area contributed by atoms with Crippen molar-refractivity contribution in [3.05, 3.63) is 37.0 Å². The topological polar surface area (TPSA) is 17.1 Å². The van der Waals surface area contributed by atoms with E-state index in [9.17, 15) is 4.79 Å². The van der Waals surface area contributed by atoms with Crippen molar-refractivity contribution in [1.82, 2.24) is 0 Å². The molecule has 0 atom stereocenters. The summed E-state index contributed by atoms with van der Waals surface area (Å²) >= 11 is 0. The van der Waals surface area contributed by atoms with Crippen molar-refractivity contribution in [2.24, 2.45) is 5.41 Å². The van der Waals surface area contributed by atoms with Gasteiger partial charge >= 0.3 is 0 Å². The average molecular weight is 150 g/mol. The van der Waals surface area contributed by atoms with Crippen LogP contribution in [0.4, 0.5) is 0 Å². The second-order valence-corrected chi connectivity index (χ2v) is 2.90. The predicted octanol–water partition coefficient (Wildman–Crippen LogP) is 2.51. The van der Waals surface area contributed by atoms with Crippen LogP contribution >= 0.6 is 0 Å². The molecule has 0 aromatic carbocycles. The van der Waals surface area contributed by atoms with Crippen molar-refractivity contribution in [2.75, 3.05) is 0 Å². The summed E-state index contributed by atoms with van der Waals surface area (Å²) in [5.41, 5.74) is 0.443. The van der Waals surface area contributed by atoms with Crippen molar-refractivity contribution < 1.29 is 4.79 Å². The van der Waals surface area contributed by atoms with Gasteiger partial charge in [-0.25, -0.2) is 0 Å². The van der Waals surface area contributed by atoms with Gasteiger partial charge in [-0.05, 0) is 19.4 Å². The lowest BCUT2D eigenvalue weighted by molar-refractivity contribution is -0.113. The molecule has 0 radical (unpaired) electrons. The van der Waals surface area contributed by atoms with Gasteiger partial charge in [0, 0.05) is 5.41 Å². The van der Waals surface area contributed by atoms with Gasteiger partial charge in [0.2, 0.25) is 0 Å². The van der Waals surface area contributed by atoms with Crippen molar-refractivity contribution in [3.8, 4) is 0 Å². The Morgan fingerprint density at radius 3 is 2.18 bits per heavy atom. The highest BCUT2D eigenvalue weighted by Crippen LogP contribution is 2.23. The predicted molar refractivity (Wildman–Crippen MR) is 48.3 cm³/mol. The van der Waals surface area contributed by atoms with Crippen molar-refractivity contribution in [3.63, 3.8) is 0 Å². The molecule has 1 nitrogen and oxygen atoms in total. The highest BCUT2D eigenvalue weighted by molar-refractivity contribution is 5.65. The summed E-state index contributed by atoms with van der Waals surface area (Å²) in [5, 5.41) is 0. The monoisotopic (exact) mass is 150 g/mol. The second-order valence-electron chi connectivity index (χ2n) is 2.90. The van der Waals surface area contributed by atoms with Gasteiger partial charge in [0.15, 0.2) is 0 Å². The van der Waals surface area contributed by atoms with E-state index in [1.165, 1.54) is 0 Å². The van der Waals surface area contributed by atoms with E-state index in [1.807, 2.05) is 13.8 Å². The maximum atomic E-state index is 10.6. The molecule has 0 rings (SSSR count). The maximum absolute atomic E-state index is 10.6. The third-order valence-electron chi connectivity index (χ3n) is 1.56. The Bertz CT molecular complexity index is 197. The highest BCUT2D eigenvalue weighted by Gasteiger charge is 2.18. The molecular formula is C10H14O. The zero-order chi connectivity index (χ0) is 8.91. The zero-order valence-corrected chi connectivity index (χ0v) is 7.13. The van der Waals surface area contributed by atoms with Gasteiger partial charge in [0.25, 0.3) is 0 Å². The lowest BCUT2D eigenvalue weighted by Gasteiger charge is -2.17. The van der Waals surface area contributed by atoms with Crippen LogP contribution in [0.5, 0.6) is 0 Å². The first kappa shape index (κ1) is 9.89. The first-order valence-corrected chi connectivity index (χ1v) is 3.50. The third-order valence-corrected chi connectivity index (χ3v) is 1.56. The highest BCUT2D eigenvalue weighted by atomic mass is 16.1. The van der Waals surface area contributed by atoms with Gasteiger partial charge in [-0.2, -0.15) is 0 Å². The van der Waals surface area contributed by atoms with Crippen LogP contribution in [0.1, 0.15) is 13.8 Å². The minimum atomic E-state index is -0.448. The van der Waals surface area contributed by atoms with E-state index in [4.69, 9.17) is 0 Å². The van der Waals surface area contributed by atoms with Gasteiger partial charge in [-0.15, -0.1) is 0 Å². The Labute approximate surface area is 68.1 Å². The van der Waals surface area contributed by atoms with Crippen LogP contribution in [-0.4, -0.2) is 6.29 Å². The van der Waals surface area contributed by atoms with Crippen LogP contribution in [0.2, 0.25) is 0 Å². The number of hydrogen-bond donors (Lipinski definition) is 0. The summed E-state index contributed by atoms with van der Waals surface area (Å²) in [4.78, 5) is 10.6. The van der Waals surface area contributed by atoms with E-state index in [0.717, 1.165) is 11.9 Å². The average Bonchev–Trinajstić information content (AvgIpc) is 2.00. The van der Waals surface area contributed by atoms with Gasteiger partial charge < -0.3 is 4.79 Å². The smallest absolute Gasteiger partial charge is 0.129 e. The lowest BCUT2D eigenvalue weighted by atomic mass is 9.85. The molecule has 0 unspecified atom stereocenters. The van der Waals surface area contributed by atoms with E-state index in [1.54, 1.807) is 18.2 Å². The largest absolute Gasteiger partial charge is 0.302 e. The third kappa shape index (κ3) is 2.54. The Morgan fingerprint density at radius 2 is 1.91 bits per heavy atom. The molecule has 0 N–H and O–H groups in total. The molecule has 0 aromatic rings. The Balaban J connectivity index is 4.76. The Kier molecular flexibility index (Phi) is 3.52. The molecule has 0 bridgehead atoms. The van der Waals surface area contributed by atoms with E-state index in [0.29, 0.717) is 0 Å². The van der Waals surface area contributed by atoms with E-state index in [-0.39, 0.29) is 0 Å². The molecule has 60 valence electrons. The van der Waals surface area contributed by atoms with Crippen molar-refractivity contribution >= 4 is 6.29 Å². The summed E-state index contributed by atoms with van der Waals surface area (Å²) in [7, 11) is 0. The molecule has 11 heavy (non-hydrogen) atoms. The molecule has 0 heterocycles. The number of carbonyl (C=O) groups excluding carboxylic acids is 1. The van der Waals surface area contributed by atoms with Crippen LogP contribution < -0.4 is 0 Å². The van der Waals surface area contributed by atoms with E-state index >= 15 is 0 Å². The molecule has 0 aliphatic heterocycles. The number of hydrogen-bond acceptors (Lipinski definition) is 1. The Hall–Kier alpha value is -1.11. The van der Waals surface area contributed by atoms with Crippen LogP contribution in [0.25, 0.3) is 0 Å². The summed E-state index contributed by atoms with van der Waals surface area (Å²) in [5.74, 6) is 0. The van der Waals surface area contributed by atoms with Crippen LogP contribution in [0.3, 0.4) is 0 Å². The molecular weight excluding hydrogens is 136 g/mol. The van der Waals surface area contributed by atoms with Gasteiger partial charge in [-0.3, -0.25) is 0 Å².